The van der Waals surface area contributed by atoms with Crippen molar-refractivity contribution in [1.29, 1.82) is 0 Å². The molecule has 1 aliphatic rings. The molecule has 0 bridgehead atoms. The molecule has 1 saturated heterocycles. The molecule has 6 heteroatoms. The zero-order valence-electron chi connectivity index (χ0n) is 15.1. The molecule has 120 valence electrons. The van der Waals surface area contributed by atoms with E-state index >= 15 is 0 Å². The van der Waals surface area contributed by atoms with Crippen LogP contribution in [0.5, 0.6) is 0 Å². The van der Waals surface area contributed by atoms with E-state index in [9.17, 15) is 0 Å². The normalized spacial score (nSPS) is 23.7. The molecule has 2 nitrogen and oxygen atoms in total. The van der Waals surface area contributed by atoms with Gasteiger partial charge in [-0.1, -0.05) is 0 Å². The summed E-state index contributed by atoms with van der Waals surface area (Å²) in [6.07, 6.45) is 0. The second kappa shape index (κ2) is 6.11. The van der Waals surface area contributed by atoms with Gasteiger partial charge in [0.15, 0.2) is 0 Å². The Hall–Kier alpha value is 1.38. The Morgan fingerprint density at radius 2 is 1.10 bits per heavy atom. The van der Waals surface area contributed by atoms with Crippen LogP contribution in [-0.4, -0.2) is 49.5 Å². The summed E-state index contributed by atoms with van der Waals surface area (Å²) in [6, 6.07) is 0. The SMILES string of the molecule is CC[S][Ge]1([S]CC)[N](C(C)(C)C)[Si](C)(C)[N]1C(C)(C)C. The fourth-order valence-electron chi connectivity index (χ4n) is 4.01. The Labute approximate surface area is 137 Å². The van der Waals surface area contributed by atoms with Gasteiger partial charge in [0.2, 0.25) is 0 Å². The van der Waals surface area contributed by atoms with Gasteiger partial charge in [-0.2, -0.15) is 0 Å². The predicted octanol–water partition coefficient (Wildman–Crippen LogP) is 4.84. The van der Waals surface area contributed by atoms with Crippen molar-refractivity contribution in [2.45, 2.75) is 79.6 Å². The van der Waals surface area contributed by atoms with E-state index in [-0.39, 0.29) is 0 Å². The molecule has 0 aromatic heterocycles. The van der Waals surface area contributed by atoms with Gasteiger partial charge in [0.05, 0.1) is 0 Å². The van der Waals surface area contributed by atoms with Crippen molar-refractivity contribution in [3.05, 3.63) is 0 Å². The first-order chi connectivity index (χ1) is 8.85. The van der Waals surface area contributed by atoms with E-state index in [2.05, 4.69) is 95.7 Å². The van der Waals surface area contributed by atoms with Gasteiger partial charge >= 0.3 is 138 Å². The minimum atomic E-state index is -2.26. The molecule has 0 amide bonds. The quantitative estimate of drug-likeness (QED) is 0.628. The summed E-state index contributed by atoms with van der Waals surface area (Å²) in [5.74, 6) is 2.49. The Balaban J connectivity index is 3.36. The molecule has 0 N–H and O–H groups in total. The van der Waals surface area contributed by atoms with Crippen molar-refractivity contribution in [2.24, 2.45) is 0 Å². The van der Waals surface area contributed by atoms with E-state index in [4.69, 9.17) is 0 Å². The van der Waals surface area contributed by atoms with Crippen LogP contribution in [-0.2, 0) is 0 Å². The summed E-state index contributed by atoms with van der Waals surface area (Å²) in [5, 5.41) is 0. The summed E-state index contributed by atoms with van der Waals surface area (Å²) in [6.45, 7) is 24.3. The third kappa shape index (κ3) is 3.18. The van der Waals surface area contributed by atoms with Crippen LogP contribution < -0.4 is 0 Å². The van der Waals surface area contributed by atoms with Gasteiger partial charge in [0.1, 0.15) is 0 Å². The topological polar surface area (TPSA) is 6.48 Å². The number of rotatable bonds is 4. The fourth-order valence-corrected chi connectivity index (χ4v) is 61.1. The van der Waals surface area contributed by atoms with E-state index in [1.54, 1.807) is 0 Å². The van der Waals surface area contributed by atoms with Crippen molar-refractivity contribution in [1.82, 2.24) is 7.05 Å². The Morgan fingerprint density at radius 1 is 0.800 bits per heavy atom. The Morgan fingerprint density at radius 3 is 1.30 bits per heavy atom. The summed E-state index contributed by atoms with van der Waals surface area (Å²) >= 11 is -2.26. The zero-order valence-corrected chi connectivity index (χ0v) is 19.9. The summed E-state index contributed by atoms with van der Waals surface area (Å²) in [4.78, 5) is 0. The summed E-state index contributed by atoms with van der Waals surface area (Å²) < 4.78 is 6.07. The van der Waals surface area contributed by atoms with Crippen molar-refractivity contribution >= 4 is 40.0 Å². The first-order valence-electron chi connectivity index (χ1n) is 7.74. The third-order valence-electron chi connectivity index (χ3n) is 3.67. The molecule has 0 unspecified atom stereocenters. The van der Waals surface area contributed by atoms with Gasteiger partial charge in [-0.05, 0) is 0 Å². The van der Waals surface area contributed by atoms with Crippen LogP contribution in [0, 0.1) is 0 Å². The molecule has 0 atom stereocenters. The molecular weight excluding hydrogens is 361 g/mol. The van der Waals surface area contributed by atoms with Gasteiger partial charge in [0, 0.05) is 0 Å². The molecule has 0 aromatic carbocycles. The average molecular weight is 395 g/mol. The number of hydrogen-bond acceptors (Lipinski definition) is 4. The van der Waals surface area contributed by atoms with Gasteiger partial charge in [-0.15, -0.1) is 0 Å². The van der Waals surface area contributed by atoms with E-state index in [1.807, 2.05) is 0 Å². The molecule has 0 radical (unpaired) electrons. The van der Waals surface area contributed by atoms with Crippen LogP contribution in [0.15, 0.2) is 0 Å². The van der Waals surface area contributed by atoms with Crippen LogP contribution in [0.4, 0.5) is 0 Å². The van der Waals surface area contributed by atoms with Crippen molar-refractivity contribution in [2.75, 3.05) is 11.5 Å². The van der Waals surface area contributed by atoms with Crippen LogP contribution >= 0.6 is 20.2 Å². The van der Waals surface area contributed by atoms with E-state index in [0.717, 1.165) is 0 Å². The molecule has 1 rings (SSSR count). The fraction of sp³-hybridized carbons (Fsp3) is 1.00. The maximum atomic E-state index is 3.04. The van der Waals surface area contributed by atoms with E-state index in [1.165, 1.54) is 11.5 Å². The first kappa shape index (κ1) is 19.4. The van der Waals surface area contributed by atoms with E-state index in [0.29, 0.717) is 11.1 Å². The molecule has 0 spiro atoms. The minimum absolute atomic E-state index is 0.307. The van der Waals surface area contributed by atoms with Gasteiger partial charge in [-0.25, -0.2) is 0 Å². The summed E-state index contributed by atoms with van der Waals surface area (Å²) in [7, 11) is 3.12. The average Bonchev–Trinajstić information content (AvgIpc) is 2.10. The molecular formula is C14H34GeN2S2Si. The van der Waals surface area contributed by atoms with Crippen LogP contribution in [0.2, 0.25) is 13.1 Å². The number of hydrogen-bond donors (Lipinski definition) is 0. The van der Waals surface area contributed by atoms with Crippen molar-refractivity contribution in [3.8, 4) is 0 Å². The van der Waals surface area contributed by atoms with Gasteiger partial charge in [0.25, 0.3) is 0 Å². The molecule has 1 fully saturated rings. The first-order valence-corrected chi connectivity index (χ1v) is 19.6. The Bertz CT molecular complexity index is 318. The molecule has 20 heavy (non-hydrogen) atoms. The van der Waals surface area contributed by atoms with Crippen LogP contribution in [0.25, 0.3) is 0 Å². The Kier molecular flexibility index (Phi) is 5.94. The van der Waals surface area contributed by atoms with E-state index < -0.39 is 19.8 Å². The monoisotopic (exact) mass is 396 g/mol. The third-order valence-corrected chi connectivity index (χ3v) is 43.2. The standard InChI is InChI=1S/C14H34GeN2S2Si/c1-11-18-15(19-12-2)16(13(3,4)5)20(9,10)17(15)14(6,7)8/h11-12H2,1-10H3. The molecule has 1 heterocycles. The van der Waals surface area contributed by atoms with Crippen LogP contribution in [0.1, 0.15) is 55.4 Å². The maximum absolute atomic E-state index is 3.04. The molecule has 1 aliphatic heterocycles. The molecule has 0 saturated carbocycles. The van der Waals surface area contributed by atoms with Crippen LogP contribution in [0.3, 0.4) is 0 Å². The number of nitrogens with zero attached hydrogens (tertiary/aromatic N) is 2. The summed E-state index contributed by atoms with van der Waals surface area (Å²) in [5.41, 5.74) is 0.615. The molecule has 0 aliphatic carbocycles. The second-order valence-electron chi connectivity index (χ2n) is 7.92. The van der Waals surface area contributed by atoms with Crippen molar-refractivity contribution < 1.29 is 0 Å². The van der Waals surface area contributed by atoms with Gasteiger partial charge in [-0.3, -0.25) is 0 Å². The predicted molar refractivity (Wildman–Crippen MR) is 103 cm³/mol. The van der Waals surface area contributed by atoms with Crippen molar-refractivity contribution in [3.63, 3.8) is 0 Å². The molecule has 0 aromatic rings. The van der Waals surface area contributed by atoms with Gasteiger partial charge < -0.3 is 0 Å². The second-order valence-corrected chi connectivity index (χ2v) is 30.5. The zero-order chi connectivity index (χ0) is 16.0.